The van der Waals surface area contributed by atoms with Gasteiger partial charge in [0.15, 0.2) is 6.10 Å². The quantitative estimate of drug-likeness (QED) is 0.0195. The van der Waals surface area contributed by atoms with E-state index in [0.717, 1.165) is 70.6 Å². The van der Waals surface area contributed by atoms with Crippen molar-refractivity contribution in [1.82, 2.24) is 0 Å². The molecule has 0 radical (unpaired) electrons. The monoisotopic (exact) mass is 908 g/mol. The number of hydrogen-bond donors (Lipinski definition) is 0. The molecule has 0 fully saturated rings. The molecule has 10 heteroatoms. The standard InChI is InChI=1S/C53H98NO8P/c1-6-8-10-12-14-16-18-20-22-24-25-26-27-28-30-31-33-35-37-39-41-43-45-52(55)59-49-51(50-61-63(57,58)60-48-47-54(3,4)5)62-53(56)46-44-42-40-38-36-34-32-29-23-21-19-17-15-13-11-9-7-2/h9,11,15,17,21,23,32,34,51H,6-8,10,12-14,16,18-20,22,24-31,33,35-50H2,1-5H3/b11-9-,17-15-,23-21-,34-32-. The number of carbonyl (C=O) groups excluding carboxylic acids is 2. The van der Waals surface area contributed by atoms with Crippen molar-refractivity contribution in [2.24, 2.45) is 0 Å². The molecule has 0 N–H and O–H groups in total. The first-order valence-electron chi connectivity index (χ1n) is 25.8. The maximum absolute atomic E-state index is 12.7. The van der Waals surface area contributed by atoms with E-state index in [2.05, 4.69) is 62.5 Å². The number of nitrogens with zero attached hydrogens (tertiary/aromatic N) is 1. The summed E-state index contributed by atoms with van der Waals surface area (Å²) in [7, 11) is 1.15. The van der Waals surface area contributed by atoms with Crippen LogP contribution in [0.4, 0.5) is 0 Å². The number of phosphoric ester groups is 1. The average molecular weight is 908 g/mol. The fourth-order valence-electron chi connectivity index (χ4n) is 7.12. The van der Waals surface area contributed by atoms with Gasteiger partial charge in [-0.25, -0.2) is 0 Å². The van der Waals surface area contributed by atoms with Crippen LogP contribution in [0, 0.1) is 0 Å². The lowest BCUT2D eigenvalue weighted by Crippen LogP contribution is -2.37. The predicted octanol–water partition coefficient (Wildman–Crippen LogP) is 14.8. The number of carbonyl (C=O) groups is 2. The molecule has 0 aliphatic rings. The second-order valence-electron chi connectivity index (χ2n) is 18.5. The van der Waals surface area contributed by atoms with Crippen molar-refractivity contribution in [3.05, 3.63) is 48.6 Å². The fraction of sp³-hybridized carbons (Fsp3) is 0.811. The first-order chi connectivity index (χ1) is 30.5. The zero-order chi connectivity index (χ0) is 46.4. The lowest BCUT2D eigenvalue weighted by Gasteiger charge is -2.28. The molecular weight excluding hydrogens is 810 g/mol. The molecule has 9 nitrogen and oxygen atoms in total. The third kappa shape index (κ3) is 49.2. The summed E-state index contributed by atoms with van der Waals surface area (Å²) >= 11 is 0. The number of phosphoric acid groups is 1. The highest BCUT2D eigenvalue weighted by Crippen LogP contribution is 2.38. The SMILES string of the molecule is CC/C=C\C/C=C\C/C=C\C/C=C\CCCCCCC(=O)OC(COC(=O)CCCCCCCCCCCCCCCCCCCCCCCC)COP(=O)([O-])OCC[N+](C)(C)C. The van der Waals surface area contributed by atoms with E-state index in [0.29, 0.717) is 17.4 Å². The first-order valence-corrected chi connectivity index (χ1v) is 27.3. The van der Waals surface area contributed by atoms with Crippen molar-refractivity contribution in [3.8, 4) is 0 Å². The summed E-state index contributed by atoms with van der Waals surface area (Å²) in [5.41, 5.74) is 0. The minimum atomic E-state index is -4.64. The molecule has 0 aromatic heterocycles. The lowest BCUT2D eigenvalue weighted by molar-refractivity contribution is -0.870. The molecular formula is C53H98NO8P. The Bertz CT molecular complexity index is 1210. The van der Waals surface area contributed by atoms with E-state index in [-0.39, 0.29) is 32.0 Å². The van der Waals surface area contributed by atoms with Crippen LogP contribution in [0.15, 0.2) is 48.6 Å². The summed E-state index contributed by atoms with van der Waals surface area (Å²) < 4.78 is 34.0. The number of unbranched alkanes of at least 4 members (excludes halogenated alkanes) is 25. The average Bonchev–Trinajstić information content (AvgIpc) is 3.24. The molecule has 0 aromatic rings. The van der Waals surface area contributed by atoms with Crippen molar-refractivity contribution in [2.45, 2.75) is 232 Å². The molecule has 0 aliphatic carbocycles. The Kier molecular flexibility index (Phi) is 43.7. The van der Waals surface area contributed by atoms with Crippen molar-refractivity contribution in [2.75, 3.05) is 47.5 Å². The van der Waals surface area contributed by atoms with Crippen LogP contribution in [-0.4, -0.2) is 70.0 Å². The molecule has 2 unspecified atom stereocenters. The minimum Gasteiger partial charge on any atom is -0.756 e. The molecule has 0 saturated heterocycles. The van der Waals surface area contributed by atoms with E-state index in [1.807, 2.05) is 21.1 Å². The molecule has 0 aromatic carbocycles. The van der Waals surface area contributed by atoms with Crippen LogP contribution in [-0.2, 0) is 32.7 Å². The molecule has 368 valence electrons. The summed E-state index contributed by atoms with van der Waals surface area (Å²) in [6.45, 7) is 4.11. The third-order valence-electron chi connectivity index (χ3n) is 11.1. The molecule has 2 atom stereocenters. The predicted molar refractivity (Wildman–Crippen MR) is 264 cm³/mol. The second-order valence-corrected chi connectivity index (χ2v) is 19.9. The zero-order valence-electron chi connectivity index (χ0n) is 41.5. The van der Waals surface area contributed by atoms with Crippen LogP contribution in [0.5, 0.6) is 0 Å². The molecule has 63 heavy (non-hydrogen) atoms. The van der Waals surface area contributed by atoms with Gasteiger partial charge >= 0.3 is 11.9 Å². The number of quaternary nitrogens is 1. The minimum absolute atomic E-state index is 0.0362. The van der Waals surface area contributed by atoms with Gasteiger partial charge in [-0.3, -0.25) is 14.2 Å². The normalized spacial score (nSPS) is 13.8. The Morgan fingerprint density at radius 2 is 0.905 bits per heavy atom. The van der Waals surface area contributed by atoms with Crippen molar-refractivity contribution in [1.29, 1.82) is 0 Å². The molecule has 0 rings (SSSR count). The second kappa shape index (κ2) is 45.1. The van der Waals surface area contributed by atoms with Crippen LogP contribution >= 0.6 is 7.82 Å². The van der Waals surface area contributed by atoms with Crippen LogP contribution in [0.1, 0.15) is 226 Å². The third-order valence-corrected chi connectivity index (χ3v) is 12.1. The number of ether oxygens (including phenoxy) is 2. The topological polar surface area (TPSA) is 111 Å². The highest BCUT2D eigenvalue weighted by molar-refractivity contribution is 7.45. The fourth-order valence-corrected chi connectivity index (χ4v) is 7.85. The maximum Gasteiger partial charge on any atom is 0.306 e. The number of allylic oxidation sites excluding steroid dienone is 8. The van der Waals surface area contributed by atoms with Crippen molar-refractivity contribution >= 4 is 19.8 Å². The smallest absolute Gasteiger partial charge is 0.306 e. The number of esters is 2. The van der Waals surface area contributed by atoms with Gasteiger partial charge in [0, 0.05) is 12.8 Å². The number of rotatable bonds is 47. The summed E-state index contributed by atoms with van der Waals surface area (Å²) in [4.78, 5) is 37.7. The van der Waals surface area contributed by atoms with Gasteiger partial charge in [0.1, 0.15) is 19.8 Å². The van der Waals surface area contributed by atoms with E-state index in [4.69, 9.17) is 18.5 Å². The molecule has 0 heterocycles. The Morgan fingerprint density at radius 1 is 0.508 bits per heavy atom. The van der Waals surface area contributed by atoms with Gasteiger partial charge in [-0.1, -0.05) is 210 Å². The van der Waals surface area contributed by atoms with E-state index >= 15 is 0 Å². The zero-order valence-corrected chi connectivity index (χ0v) is 42.4. The van der Waals surface area contributed by atoms with Crippen LogP contribution < -0.4 is 4.89 Å². The maximum atomic E-state index is 12.7. The van der Waals surface area contributed by atoms with Gasteiger partial charge in [0.2, 0.25) is 0 Å². The highest BCUT2D eigenvalue weighted by atomic mass is 31.2. The Balaban J connectivity index is 4.24. The van der Waals surface area contributed by atoms with Gasteiger partial charge in [-0.05, 0) is 51.4 Å². The van der Waals surface area contributed by atoms with Crippen LogP contribution in [0.25, 0.3) is 0 Å². The van der Waals surface area contributed by atoms with Gasteiger partial charge < -0.3 is 27.9 Å². The molecule has 0 aliphatic heterocycles. The summed E-state index contributed by atoms with van der Waals surface area (Å²) in [5.74, 6) is -0.855. The van der Waals surface area contributed by atoms with Crippen molar-refractivity contribution < 1.29 is 42.1 Å². The van der Waals surface area contributed by atoms with Gasteiger partial charge in [0.25, 0.3) is 7.82 Å². The molecule has 0 saturated carbocycles. The van der Waals surface area contributed by atoms with Gasteiger partial charge in [-0.15, -0.1) is 0 Å². The van der Waals surface area contributed by atoms with E-state index < -0.39 is 26.5 Å². The molecule has 0 spiro atoms. The number of likely N-dealkylation sites (N-methyl/N-ethyl adjacent to an activating group) is 1. The lowest BCUT2D eigenvalue weighted by atomic mass is 10.0. The van der Waals surface area contributed by atoms with Crippen LogP contribution in [0.3, 0.4) is 0 Å². The van der Waals surface area contributed by atoms with Crippen LogP contribution in [0.2, 0.25) is 0 Å². The van der Waals surface area contributed by atoms with Gasteiger partial charge in [-0.2, -0.15) is 0 Å². The Morgan fingerprint density at radius 3 is 1.35 bits per heavy atom. The van der Waals surface area contributed by atoms with E-state index in [9.17, 15) is 19.0 Å². The highest BCUT2D eigenvalue weighted by Gasteiger charge is 2.21. The Labute approximate surface area is 388 Å². The van der Waals surface area contributed by atoms with E-state index in [1.165, 1.54) is 122 Å². The summed E-state index contributed by atoms with van der Waals surface area (Å²) in [5, 5.41) is 0. The Hall–Kier alpha value is -2.03. The van der Waals surface area contributed by atoms with Gasteiger partial charge in [0.05, 0.1) is 27.7 Å². The first kappa shape index (κ1) is 61.0. The summed E-state index contributed by atoms with van der Waals surface area (Å²) in [6.07, 6.45) is 54.3. The van der Waals surface area contributed by atoms with E-state index in [1.54, 1.807) is 0 Å². The largest absolute Gasteiger partial charge is 0.756 e. The molecule has 0 bridgehead atoms. The summed E-state index contributed by atoms with van der Waals surface area (Å²) in [6, 6.07) is 0. The van der Waals surface area contributed by atoms with Crippen molar-refractivity contribution in [3.63, 3.8) is 0 Å². The number of hydrogen-bond acceptors (Lipinski definition) is 8. The molecule has 0 amide bonds.